The van der Waals surface area contributed by atoms with Gasteiger partial charge in [-0.3, -0.25) is 4.79 Å². The van der Waals surface area contributed by atoms with Crippen LogP contribution in [0.2, 0.25) is 0 Å². The predicted molar refractivity (Wildman–Crippen MR) is 108 cm³/mol. The number of nitrogens with zero attached hydrogens (tertiary/aromatic N) is 2. The molecule has 2 aromatic carbocycles. The van der Waals surface area contributed by atoms with Gasteiger partial charge in [-0.2, -0.15) is 0 Å². The van der Waals surface area contributed by atoms with Gasteiger partial charge in [0.15, 0.2) is 0 Å². The van der Waals surface area contributed by atoms with Gasteiger partial charge in [0.2, 0.25) is 5.91 Å². The molecule has 0 aliphatic heterocycles. The summed E-state index contributed by atoms with van der Waals surface area (Å²) in [5.74, 6) is -0.371. The third kappa shape index (κ3) is 4.37. The molecule has 4 aromatic rings. The first kappa shape index (κ1) is 17.8. The van der Waals surface area contributed by atoms with Crippen LogP contribution >= 0.6 is 22.7 Å². The van der Waals surface area contributed by atoms with Gasteiger partial charge in [0.25, 0.3) is 0 Å². The zero-order chi connectivity index (χ0) is 18.6. The minimum absolute atomic E-state index is 0.0767. The summed E-state index contributed by atoms with van der Waals surface area (Å²) in [7, 11) is 0. The molecule has 7 heteroatoms. The zero-order valence-electron chi connectivity index (χ0n) is 14.3. The number of thiazole rings is 2. The molecule has 1 amide bonds. The number of nitrogens with one attached hydrogen (secondary N) is 1. The SMILES string of the molecule is O=C(Cc1csc(-c2cccc(F)c2)n1)NCCc1nc2ccccc2s1. The van der Waals surface area contributed by atoms with E-state index in [9.17, 15) is 9.18 Å². The zero-order valence-corrected chi connectivity index (χ0v) is 15.9. The Morgan fingerprint density at radius 3 is 2.85 bits per heavy atom. The molecule has 4 nitrogen and oxygen atoms in total. The summed E-state index contributed by atoms with van der Waals surface area (Å²) < 4.78 is 14.5. The quantitative estimate of drug-likeness (QED) is 0.523. The molecular formula is C20H16FN3OS2. The Labute approximate surface area is 163 Å². The molecule has 136 valence electrons. The van der Waals surface area contributed by atoms with E-state index in [2.05, 4.69) is 15.3 Å². The Hall–Kier alpha value is -2.64. The highest BCUT2D eigenvalue weighted by Crippen LogP contribution is 2.24. The Balaban J connectivity index is 1.30. The van der Waals surface area contributed by atoms with Crippen LogP contribution in [0, 0.1) is 5.82 Å². The molecule has 0 bridgehead atoms. The molecule has 4 rings (SSSR count). The van der Waals surface area contributed by atoms with Crippen LogP contribution in [0.5, 0.6) is 0 Å². The predicted octanol–water partition coefficient (Wildman–Crippen LogP) is 4.46. The summed E-state index contributed by atoms with van der Waals surface area (Å²) >= 11 is 3.06. The van der Waals surface area contributed by atoms with E-state index in [-0.39, 0.29) is 18.1 Å². The molecule has 0 radical (unpaired) electrons. The summed E-state index contributed by atoms with van der Waals surface area (Å²) in [6.45, 7) is 0.541. The van der Waals surface area contributed by atoms with Crippen LogP contribution in [-0.4, -0.2) is 22.4 Å². The summed E-state index contributed by atoms with van der Waals surface area (Å²) in [5, 5.41) is 6.48. The first-order valence-electron chi connectivity index (χ1n) is 8.49. The van der Waals surface area contributed by atoms with Gasteiger partial charge in [0.05, 0.1) is 27.3 Å². The topological polar surface area (TPSA) is 54.9 Å². The normalized spacial score (nSPS) is 11.0. The summed E-state index contributed by atoms with van der Waals surface area (Å²) in [4.78, 5) is 21.2. The highest BCUT2D eigenvalue weighted by Gasteiger charge is 2.10. The maximum absolute atomic E-state index is 13.3. The highest BCUT2D eigenvalue weighted by atomic mass is 32.1. The number of amides is 1. The average molecular weight is 398 g/mol. The van der Waals surface area contributed by atoms with E-state index in [1.54, 1.807) is 17.4 Å². The Morgan fingerprint density at radius 1 is 1.11 bits per heavy atom. The number of rotatable bonds is 6. The molecular weight excluding hydrogens is 381 g/mol. The molecule has 0 aliphatic carbocycles. The number of hydrogen-bond donors (Lipinski definition) is 1. The minimum Gasteiger partial charge on any atom is -0.355 e. The molecule has 0 atom stereocenters. The fourth-order valence-corrected chi connectivity index (χ4v) is 4.49. The lowest BCUT2D eigenvalue weighted by Crippen LogP contribution is -2.27. The van der Waals surface area contributed by atoms with E-state index < -0.39 is 0 Å². The van der Waals surface area contributed by atoms with Crippen molar-refractivity contribution in [3.05, 3.63) is 70.4 Å². The molecule has 0 aliphatic rings. The fourth-order valence-electron chi connectivity index (χ4n) is 2.70. The highest BCUT2D eigenvalue weighted by molar-refractivity contribution is 7.18. The van der Waals surface area contributed by atoms with Crippen molar-refractivity contribution in [1.29, 1.82) is 0 Å². The lowest BCUT2D eigenvalue weighted by atomic mass is 10.2. The van der Waals surface area contributed by atoms with Crippen molar-refractivity contribution >= 4 is 38.8 Å². The number of fused-ring (bicyclic) bond motifs is 1. The van der Waals surface area contributed by atoms with Crippen LogP contribution < -0.4 is 5.32 Å². The largest absolute Gasteiger partial charge is 0.355 e. The minimum atomic E-state index is -0.295. The third-order valence-electron chi connectivity index (χ3n) is 3.96. The molecule has 2 heterocycles. The second-order valence-corrected chi connectivity index (χ2v) is 7.98. The van der Waals surface area contributed by atoms with Gasteiger partial charge in [-0.1, -0.05) is 24.3 Å². The monoisotopic (exact) mass is 397 g/mol. The Morgan fingerprint density at radius 2 is 2.00 bits per heavy atom. The molecule has 1 N–H and O–H groups in total. The summed E-state index contributed by atoms with van der Waals surface area (Å²) in [6.07, 6.45) is 0.919. The van der Waals surface area contributed by atoms with Crippen molar-refractivity contribution in [3.8, 4) is 10.6 Å². The maximum Gasteiger partial charge on any atom is 0.226 e. The second-order valence-electron chi connectivity index (χ2n) is 6.01. The molecule has 0 saturated heterocycles. The van der Waals surface area contributed by atoms with E-state index in [0.29, 0.717) is 23.7 Å². The number of carbonyl (C=O) groups excluding carboxylic acids is 1. The van der Waals surface area contributed by atoms with Gasteiger partial charge in [-0.05, 0) is 24.3 Å². The van der Waals surface area contributed by atoms with Crippen molar-refractivity contribution < 1.29 is 9.18 Å². The van der Waals surface area contributed by atoms with Crippen LogP contribution in [0.4, 0.5) is 4.39 Å². The van der Waals surface area contributed by atoms with Crippen LogP contribution in [0.3, 0.4) is 0 Å². The molecule has 0 spiro atoms. The average Bonchev–Trinajstić information content (AvgIpc) is 3.28. The van der Waals surface area contributed by atoms with Crippen molar-refractivity contribution in [2.24, 2.45) is 0 Å². The first-order valence-corrected chi connectivity index (χ1v) is 10.2. The third-order valence-corrected chi connectivity index (χ3v) is 6.00. The van der Waals surface area contributed by atoms with Crippen LogP contribution in [0.25, 0.3) is 20.8 Å². The van der Waals surface area contributed by atoms with Crippen LogP contribution in [-0.2, 0) is 17.6 Å². The smallest absolute Gasteiger partial charge is 0.226 e. The van der Waals surface area contributed by atoms with Gasteiger partial charge in [-0.15, -0.1) is 22.7 Å². The van der Waals surface area contributed by atoms with Crippen LogP contribution in [0.15, 0.2) is 53.9 Å². The van der Waals surface area contributed by atoms with Gasteiger partial charge >= 0.3 is 0 Å². The van der Waals surface area contributed by atoms with E-state index in [1.165, 1.54) is 23.5 Å². The summed E-state index contributed by atoms with van der Waals surface area (Å²) in [6, 6.07) is 14.3. The van der Waals surface area contributed by atoms with E-state index >= 15 is 0 Å². The fraction of sp³-hybridized carbons (Fsp3) is 0.150. The number of para-hydroxylation sites is 1. The molecule has 2 aromatic heterocycles. The lowest BCUT2D eigenvalue weighted by Gasteiger charge is -2.02. The van der Waals surface area contributed by atoms with Gasteiger partial charge < -0.3 is 5.32 Å². The number of aromatic nitrogens is 2. The molecule has 0 saturated carbocycles. The van der Waals surface area contributed by atoms with Gasteiger partial charge in [-0.25, -0.2) is 14.4 Å². The number of carbonyl (C=O) groups is 1. The summed E-state index contributed by atoms with van der Waals surface area (Å²) in [5.41, 5.74) is 2.41. The van der Waals surface area contributed by atoms with E-state index in [1.807, 2.05) is 35.7 Å². The van der Waals surface area contributed by atoms with Crippen molar-refractivity contribution in [1.82, 2.24) is 15.3 Å². The van der Waals surface area contributed by atoms with E-state index in [0.717, 1.165) is 20.8 Å². The number of hydrogen-bond acceptors (Lipinski definition) is 5. The lowest BCUT2D eigenvalue weighted by molar-refractivity contribution is -0.120. The number of benzene rings is 2. The molecule has 0 unspecified atom stereocenters. The molecule has 0 fully saturated rings. The van der Waals surface area contributed by atoms with Crippen LogP contribution in [0.1, 0.15) is 10.7 Å². The second kappa shape index (κ2) is 7.94. The number of halogens is 1. The van der Waals surface area contributed by atoms with Crippen molar-refractivity contribution in [2.45, 2.75) is 12.8 Å². The maximum atomic E-state index is 13.3. The standard InChI is InChI=1S/C20H16FN3OS2/c21-14-5-3-4-13(10-14)20-23-15(12-26-20)11-18(25)22-9-8-19-24-16-6-1-2-7-17(16)27-19/h1-7,10,12H,8-9,11H2,(H,22,25). The van der Waals surface area contributed by atoms with Crippen molar-refractivity contribution in [2.75, 3.05) is 6.54 Å². The Kier molecular flexibility index (Phi) is 5.22. The van der Waals surface area contributed by atoms with Gasteiger partial charge in [0, 0.05) is 23.9 Å². The first-order chi connectivity index (χ1) is 13.2. The van der Waals surface area contributed by atoms with Crippen molar-refractivity contribution in [3.63, 3.8) is 0 Å². The van der Waals surface area contributed by atoms with Gasteiger partial charge in [0.1, 0.15) is 10.8 Å². The van der Waals surface area contributed by atoms with E-state index in [4.69, 9.17) is 0 Å². The molecule has 27 heavy (non-hydrogen) atoms. The Bertz CT molecular complexity index is 1060.